The molecule has 7 heteroatoms. The molecule has 0 saturated carbocycles. The topological polar surface area (TPSA) is 71.7 Å². The molecule has 0 aliphatic carbocycles. The largest absolute Gasteiger partial charge is 0.484 e. The Morgan fingerprint density at radius 2 is 2.04 bits per heavy atom. The number of ether oxygens (including phenoxy) is 1. The van der Waals surface area contributed by atoms with Gasteiger partial charge in [0.25, 0.3) is 5.91 Å². The fourth-order valence-electron chi connectivity index (χ4n) is 2.97. The standard InChI is InChI=1S/C18H24N4O3/c1-14(18-19-15(2)20-25-18)21-9-6-10-22(12-11-21)17(23)13-24-16-7-4-3-5-8-16/h3-5,7-8,14H,6,9-13H2,1-2H3/t14-/m0/s1. The highest BCUT2D eigenvalue weighted by Crippen LogP contribution is 2.20. The molecule has 2 heterocycles. The van der Waals surface area contributed by atoms with Gasteiger partial charge in [-0.2, -0.15) is 4.98 Å². The molecule has 2 aromatic rings. The van der Waals surface area contributed by atoms with E-state index >= 15 is 0 Å². The van der Waals surface area contributed by atoms with Crippen molar-refractivity contribution in [2.45, 2.75) is 26.3 Å². The number of hydrogen-bond donors (Lipinski definition) is 0. The third kappa shape index (κ3) is 4.57. The maximum Gasteiger partial charge on any atom is 0.260 e. The van der Waals surface area contributed by atoms with Gasteiger partial charge in [0.1, 0.15) is 5.75 Å². The Hall–Kier alpha value is -2.41. The van der Waals surface area contributed by atoms with E-state index in [0.29, 0.717) is 24.0 Å². The highest BCUT2D eigenvalue weighted by atomic mass is 16.5. The van der Waals surface area contributed by atoms with E-state index in [-0.39, 0.29) is 18.6 Å². The van der Waals surface area contributed by atoms with E-state index < -0.39 is 0 Å². The van der Waals surface area contributed by atoms with Crippen LogP contribution in [0.25, 0.3) is 0 Å². The van der Waals surface area contributed by atoms with E-state index in [1.165, 1.54) is 0 Å². The van der Waals surface area contributed by atoms with Gasteiger partial charge in [-0.15, -0.1) is 0 Å². The molecule has 0 spiro atoms. The number of rotatable bonds is 5. The maximum atomic E-state index is 12.4. The van der Waals surface area contributed by atoms with Gasteiger partial charge in [0.15, 0.2) is 12.4 Å². The van der Waals surface area contributed by atoms with Crippen molar-refractivity contribution in [3.8, 4) is 5.75 Å². The molecule has 25 heavy (non-hydrogen) atoms. The first-order valence-electron chi connectivity index (χ1n) is 8.63. The molecule has 1 fully saturated rings. The molecule has 0 N–H and O–H groups in total. The summed E-state index contributed by atoms with van der Waals surface area (Å²) >= 11 is 0. The number of hydrogen-bond acceptors (Lipinski definition) is 6. The van der Waals surface area contributed by atoms with E-state index in [4.69, 9.17) is 9.26 Å². The molecule has 3 rings (SSSR count). The first-order valence-corrected chi connectivity index (χ1v) is 8.63. The molecule has 1 atom stereocenters. The molecule has 1 amide bonds. The molecule has 1 aromatic heterocycles. The zero-order valence-electron chi connectivity index (χ0n) is 14.7. The van der Waals surface area contributed by atoms with Crippen LogP contribution in [0.5, 0.6) is 5.75 Å². The monoisotopic (exact) mass is 344 g/mol. The fraction of sp³-hybridized carbons (Fsp3) is 0.500. The van der Waals surface area contributed by atoms with Gasteiger partial charge < -0.3 is 14.2 Å². The average Bonchev–Trinajstić information content (AvgIpc) is 2.92. The first kappa shape index (κ1) is 17.4. The molecule has 134 valence electrons. The molecule has 1 saturated heterocycles. The number of nitrogens with zero attached hydrogens (tertiary/aromatic N) is 4. The Morgan fingerprint density at radius 3 is 2.76 bits per heavy atom. The van der Waals surface area contributed by atoms with Crippen LogP contribution < -0.4 is 4.74 Å². The lowest BCUT2D eigenvalue weighted by Gasteiger charge is -2.25. The summed E-state index contributed by atoms with van der Waals surface area (Å²) in [6.07, 6.45) is 0.911. The van der Waals surface area contributed by atoms with Gasteiger partial charge in [-0.05, 0) is 32.4 Å². The zero-order valence-corrected chi connectivity index (χ0v) is 14.7. The Labute approximate surface area is 147 Å². The van der Waals surface area contributed by atoms with Gasteiger partial charge in [-0.3, -0.25) is 9.69 Å². The normalized spacial score (nSPS) is 17.1. The maximum absolute atomic E-state index is 12.4. The van der Waals surface area contributed by atoms with Crippen LogP contribution in [-0.2, 0) is 4.79 Å². The second-order valence-electron chi connectivity index (χ2n) is 6.23. The molecule has 1 aromatic carbocycles. The van der Waals surface area contributed by atoms with Crippen LogP contribution in [-0.4, -0.2) is 58.6 Å². The van der Waals surface area contributed by atoms with E-state index in [1.807, 2.05) is 42.2 Å². The van der Waals surface area contributed by atoms with Crippen LogP contribution in [0, 0.1) is 6.92 Å². The molecular formula is C18H24N4O3. The molecule has 7 nitrogen and oxygen atoms in total. The molecule has 0 unspecified atom stereocenters. The first-order chi connectivity index (χ1) is 12.1. The van der Waals surface area contributed by atoms with E-state index in [9.17, 15) is 4.79 Å². The Bertz CT molecular complexity index is 689. The van der Waals surface area contributed by atoms with E-state index in [0.717, 1.165) is 26.1 Å². The summed E-state index contributed by atoms with van der Waals surface area (Å²) in [6, 6.07) is 9.46. The second kappa shape index (κ2) is 8.11. The van der Waals surface area contributed by atoms with Crippen molar-refractivity contribution in [3.05, 3.63) is 42.0 Å². The van der Waals surface area contributed by atoms with Crippen molar-refractivity contribution in [2.24, 2.45) is 0 Å². The van der Waals surface area contributed by atoms with Gasteiger partial charge in [0.05, 0.1) is 6.04 Å². The number of carbonyl (C=O) groups is 1. The van der Waals surface area contributed by atoms with Gasteiger partial charge in [0.2, 0.25) is 5.89 Å². The summed E-state index contributed by atoms with van der Waals surface area (Å²) in [5.74, 6) is 2.01. The summed E-state index contributed by atoms with van der Waals surface area (Å²) in [7, 11) is 0. The second-order valence-corrected chi connectivity index (χ2v) is 6.23. The van der Waals surface area contributed by atoms with Crippen LogP contribution in [0.4, 0.5) is 0 Å². The Balaban J connectivity index is 1.51. The number of aromatic nitrogens is 2. The minimum atomic E-state index is 0.0204. The zero-order chi connectivity index (χ0) is 17.6. The number of benzene rings is 1. The molecule has 1 aliphatic rings. The Morgan fingerprint density at radius 1 is 1.24 bits per heavy atom. The number of aryl methyl sites for hydroxylation is 1. The van der Waals surface area contributed by atoms with Gasteiger partial charge in [0, 0.05) is 26.2 Å². The Kier molecular flexibility index (Phi) is 5.65. The van der Waals surface area contributed by atoms with Crippen LogP contribution in [0.15, 0.2) is 34.9 Å². The molecule has 0 radical (unpaired) electrons. The quantitative estimate of drug-likeness (QED) is 0.827. The van der Waals surface area contributed by atoms with Crippen molar-refractivity contribution >= 4 is 5.91 Å². The minimum absolute atomic E-state index is 0.0204. The highest BCUT2D eigenvalue weighted by Gasteiger charge is 2.25. The van der Waals surface area contributed by atoms with E-state index in [1.54, 1.807) is 0 Å². The highest BCUT2D eigenvalue weighted by molar-refractivity contribution is 5.77. The predicted octanol–water partition coefficient (Wildman–Crippen LogP) is 2.05. The lowest BCUT2D eigenvalue weighted by Crippen LogP contribution is -2.38. The summed E-state index contributed by atoms with van der Waals surface area (Å²) in [4.78, 5) is 20.9. The van der Waals surface area contributed by atoms with Crippen molar-refractivity contribution in [3.63, 3.8) is 0 Å². The van der Waals surface area contributed by atoms with Gasteiger partial charge in [-0.25, -0.2) is 0 Å². The van der Waals surface area contributed by atoms with Gasteiger partial charge >= 0.3 is 0 Å². The SMILES string of the molecule is Cc1noc([C@H](C)N2CCCN(C(=O)COc3ccccc3)CC2)n1. The minimum Gasteiger partial charge on any atom is -0.484 e. The van der Waals surface area contributed by atoms with Crippen LogP contribution in [0.2, 0.25) is 0 Å². The molecular weight excluding hydrogens is 320 g/mol. The predicted molar refractivity (Wildman–Crippen MR) is 92.2 cm³/mol. The third-order valence-corrected chi connectivity index (χ3v) is 4.44. The smallest absolute Gasteiger partial charge is 0.260 e. The summed E-state index contributed by atoms with van der Waals surface area (Å²) in [5.41, 5.74) is 0. The number of amides is 1. The summed E-state index contributed by atoms with van der Waals surface area (Å²) in [5, 5.41) is 3.86. The van der Waals surface area contributed by atoms with Crippen LogP contribution in [0.3, 0.4) is 0 Å². The molecule has 0 bridgehead atoms. The fourth-order valence-corrected chi connectivity index (χ4v) is 2.97. The van der Waals surface area contributed by atoms with Crippen molar-refractivity contribution in [2.75, 3.05) is 32.8 Å². The van der Waals surface area contributed by atoms with Crippen molar-refractivity contribution in [1.29, 1.82) is 0 Å². The average molecular weight is 344 g/mol. The lowest BCUT2D eigenvalue weighted by molar-refractivity contribution is -0.133. The summed E-state index contributed by atoms with van der Waals surface area (Å²) < 4.78 is 10.8. The van der Waals surface area contributed by atoms with Crippen LogP contribution >= 0.6 is 0 Å². The number of para-hydroxylation sites is 1. The lowest BCUT2D eigenvalue weighted by atomic mass is 10.2. The van der Waals surface area contributed by atoms with Crippen LogP contribution in [0.1, 0.15) is 31.1 Å². The molecule has 1 aliphatic heterocycles. The third-order valence-electron chi connectivity index (χ3n) is 4.44. The summed E-state index contributed by atoms with van der Waals surface area (Å²) in [6.45, 7) is 7.03. The van der Waals surface area contributed by atoms with Crippen molar-refractivity contribution < 1.29 is 14.1 Å². The van der Waals surface area contributed by atoms with Crippen molar-refractivity contribution in [1.82, 2.24) is 19.9 Å². The number of carbonyl (C=O) groups excluding carboxylic acids is 1. The van der Waals surface area contributed by atoms with E-state index in [2.05, 4.69) is 22.0 Å². The van der Waals surface area contributed by atoms with Gasteiger partial charge in [-0.1, -0.05) is 23.4 Å².